The third-order valence-electron chi connectivity index (χ3n) is 2.97. The van der Waals surface area contributed by atoms with Gasteiger partial charge in [-0.25, -0.2) is 0 Å². The summed E-state index contributed by atoms with van der Waals surface area (Å²) in [4.78, 5) is 21.0. The summed E-state index contributed by atoms with van der Waals surface area (Å²) in [6.45, 7) is 0.468. The van der Waals surface area contributed by atoms with Gasteiger partial charge in [0, 0.05) is 20.0 Å². The van der Waals surface area contributed by atoms with Crippen LogP contribution in [0.5, 0.6) is 17.4 Å². The van der Waals surface area contributed by atoms with Gasteiger partial charge in [0.2, 0.25) is 11.8 Å². The second-order valence-corrected chi connectivity index (χ2v) is 4.63. The Kier molecular flexibility index (Phi) is 5.13. The highest BCUT2D eigenvalue weighted by molar-refractivity contribution is 5.74. The van der Waals surface area contributed by atoms with Gasteiger partial charge in [0.25, 0.3) is 0 Å². The van der Waals surface area contributed by atoms with Gasteiger partial charge in [0.1, 0.15) is 11.5 Å². The Morgan fingerprint density at radius 3 is 2.55 bits per heavy atom. The molecule has 7 heteroatoms. The van der Waals surface area contributed by atoms with E-state index in [1.165, 1.54) is 6.20 Å². The number of methoxy groups -OCH3 is 1. The average molecular weight is 302 g/mol. The van der Waals surface area contributed by atoms with Crippen molar-refractivity contribution in [1.29, 1.82) is 0 Å². The van der Waals surface area contributed by atoms with Crippen molar-refractivity contribution in [3.63, 3.8) is 0 Å². The number of benzene rings is 1. The van der Waals surface area contributed by atoms with E-state index < -0.39 is 0 Å². The number of rotatable bonds is 7. The number of ether oxygens (including phenoxy) is 2. The highest BCUT2D eigenvalue weighted by Crippen LogP contribution is 2.23. The molecule has 1 aromatic carbocycles. The highest BCUT2D eigenvalue weighted by Gasteiger charge is 2.07. The summed E-state index contributed by atoms with van der Waals surface area (Å²) in [5.74, 6) is 2.00. The zero-order valence-electron chi connectivity index (χ0n) is 12.5. The van der Waals surface area contributed by atoms with Crippen LogP contribution in [0.3, 0.4) is 0 Å². The van der Waals surface area contributed by atoms with Crippen LogP contribution in [0, 0.1) is 0 Å². The molecule has 1 amide bonds. The Balaban J connectivity index is 2.05. The molecule has 1 aromatic heterocycles. The fourth-order valence-corrected chi connectivity index (χ4v) is 1.73. The van der Waals surface area contributed by atoms with Crippen LogP contribution in [0.15, 0.2) is 36.7 Å². The summed E-state index contributed by atoms with van der Waals surface area (Å²) in [5.41, 5.74) is 5.14. The number of anilines is 1. The Morgan fingerprint density at radius 1 is 1.23 bits per heavy atom. The number of primary amides is 1. The predicted molar refractivity (Wildman–Crippen MR) is 82.2 cm³/mol. The number of aromatic nitrogens is 2. The predicted octanol–water partition coefficient (Wildman–Crippen LogP) is 1.59. The van der Waals surface area contributed by atoms with E-state index in [0.29, 0.717) is 24.0 Å². The van der Waals surface area contributed by atoms with Crippen LogP contribution in [0.4, 0.5) is 5.82 Å². The number of carbonyl (C=O) groups is 1. The monoisotopic (exact) mass is 302 g/mol. The zero-order valence-corrected chi connectivity index (χ0v) is 12.5. The Morgan fingerprint density at radius 2 is 1.91 bits per heavy atom. The first-order valence-electron chi connectivity index (χ1n) is 6.72. The molecule has 0 saturated heterocycles. The fourth-order valence-electron chi connectivity index (χ4n) is 1.73. The average Bonchev–Trinajstić information content (AvgIpc) is 2.53. The molecule has 0 unspecified atom stereocenters. The molecule has 0 spiro atoms. The van der Waals surface area contributed by atoms with Gasteiger partial charge in [0.05, 0.1) is 19.5 Å². The normalized spacial score (nSPS) is 10.1. The molecule has 0 saturated carbocycles. The maximum atomic E-state index is 10.8. The second-order valence-electron chi connectivity index (χ2n) is 4.63. The minimum Gasteiger partial charge on any atom is -0.497 e. The van der Waals surface area contributed by atoms with Crippen molar-refractivity contribution in [2.24, 2.45) is 5.73 Å². The minimum absolute atomic E-state index is 0.252. The molecule has 116 valence electrons. The Labute approximate surface area is 128 Å². The molecule has 22 heavy (non-hydrogen) atoms. The molecule has 0 aliphatic heterocycles. The summed E-state index contributed by atoms with van der Waals surface area (Å²) in [6.07, 6.45) is 3.37. The van der Waals surface area contributed by atoms with Crippen LogP contribution < -0.4 is 20.1 Å². The van der Waals surface area contributed by atoms with Gasteiger partial charge in [-0.05, 0) is 24.3 Å². The Hall–Kier alpha value is -2.83. The minimum atomic E-state index is -0.356. The van der Waals surface area contributed by atoms with Crippen LogP contribution in [-0.4, -0.2) is 36.6 Å². The summed E-state index contributed by atoms with van der Waals surface area (Å²) in [5, 5.41) is 0. The molecule has 2 aromatic rings. The van der Waals surface area contributed by atoms with Crippen LogP contribution in [-0.2, 0) is 4.79 Å². The van der Waals surface area contributed by atoms with Gasteiger partial charge in [-0.3, -0.25) is 9.78 Å². The number of hydrogen-bond donors (Lipinski definition) is 1. The van der Waals surface area contributed by atoms with Gasteiger partial charge in [0.15, 0.2) is 5.82 Å². The second kappa shape index (κ2) is 7.26. The van der Waals surface area contributed by atoms with Crippen LogP contribution in [0.2, 0.25) is 0 Å². The lowest BCUT2D eigenvalue weighted by Gasteiger charge is -2.17. The lowest BCUT2D eigenvalue weighted by Crippen LogP contribution is -2.24. The van der Waals surface area contributed by atoms with E-state index in [-0.39, 0.29) is 12.3 Å². The van der Waals surface area contributed by atoms with Crippen molar-refractivity contribution in [3.8, 4) is 17.4 Å². The lowest BCUT2D eigenvalue weighted by atomic mass is 10.3. The molecule has 2 rings (SSSR count). The van der Waals surface area contributed by atoms with Crippen molar-refractivity contribution in [2.45, 2.75) is 6.42 Å². The maximum Gasteiger partial charge on any atom is 0.239 e. The molecular weight excluding hydrogens is 284 g/mol. The molecular formula is C15H18N4O3. The van der Waals surface area contributed by atoms with E-state index in [2.05, 4.69) is 9.97 Å². The third kappa shape index (κ3) is 4.34. The van der Waals surface area contributed by atoms with Gasteiger partial charge < -0.3 is 20.1 Å². The summed E-state index contributed by atoms with van der Waals surface area (Å²) in [7, 11) is 3.41. The van der Waals surface area contributed by atoms with Crippen molar-refractivity contribution in [2.75, 3.05) is 25.6 Å². The molecule has 0 radical (unpaired) electrons. The molecule has 2 N–H and O–H groups in total. The van der Waals surface area contributed by atoms with Crippen LogP contribution >= 0.6 is 0 Å². The summed E-state index contributed by atoms with van der Waals surface area (Å²) < 4.78 is 10.7. The van der Waals surface area contributed by atoms with Crippen LogP contribution in [0.25, 0.3) is 0 Å². The summed E-state index contributed by atoms with van der Waals surface area (Å²) in [6, 6.07) is 7.16. The lowest BCUT2D eigenvalue weighted by molar-refractivity contribution is -0.117. The van der Waals surface area contributed by atoms with Crippen molar-refractivity contribution < 1.29 is 14.3 Å². The van der Waals surface area contributed by atoms with E-state index >= 15 is 0 Å². The SMILES string of the molecule is COc1ccc(Oc2cncc(N(C)CCC(N)=O)n2)cc1. The number of amides is 1. The van der Waals surface area contributed by atoms with Gasteiger partial charge >= 0.3 is 0 Å². The molecule has 0 aliphatic carbocycles. The fraction of sp³-hybridized carbons (Fsp3) is 0.267. The topological polar surface area (TPSA) is 90.6 Å². The number of nitrogens with two attached hydrogens (primary N) is 1. The molecule has 0 fully saturated rings. The van der Waals surface area contributed by atoms with Crippen molar-refractivity contribution in [3.05, 3.63) is 36.7 Å². The van der Waals surface area contributed by atoms with E-state index in [1.807, 2.05) is 7.05 Å². The quantitative estimate of drug-likeness (QED) is 0.835. The first kappa shape index (κ1) is 15.6. The molecule has 0 bridgehead atoms. The Bertz CT molecular complexity index is 631. The molecule has 0 aliphatic rings. The van der Waals surface area contributed by atoms with Gasteiger partial charge in [-0.1, -0.05) is 0 Å². The van der Waals surface area contributed by atoms with Crippen molar-refractivity contribution >= 4 is 11.7 Å². The summed E-state index contributed by atoms with van der Waals surface area (Å²) >= 11 is 0. The molecule has 1 heterocycles. The largest absolute Gasteiger partial charge is 0.497 e. The zero-order chi connectivity index (χ0) is 15.9. The number of nitrogens with zero attached hydrogens (tertiary/aromatic N) is 3. The van der Waals surface area contributed by atoms with E-state index in [0.717, 1.165) is 5.75 Å². The first-order valence-corrected chi connectivity index (χ1v) is 6.72. The van der Waals surface area contributed by atoms with Gasteiger partial charge in [-0.2, -0.15) is 4.98 Å². The van der Waals surface area contributed by atoms with Gasteiger partial charge in [-0.15, -0.1) is 0 Å². The van der Waals surface area contributed by atoms with Crippen molar-refractivity contribution in [1.82, 2.24) is 9.97 Å². The maximum absolute atomic E-state index is 10.8. The number of carbonyl (C=O) groups excluding carboxylic acids is 1. The highest BCUT2D eigenvalue weighted by atomic mass is 16.5. The van der Waals surface area contributed by atoms with E-state index in [1.54, 1.807) is 42.5 Å². The van der Waals surface area contributed by atoms with E-state index in [9.17, 15) is 4.79 Å². The third-order valence-corrected chi connectivity index (χ3v) is 2.97. The standard InChI is InChI=1S/C15H18N4O3/c1-19(8-7-13(16)20)14-9-17-10-15(18-14)22-12-5-3-11(21-2)4-6-12/h3-6,9-10H,7-8H2,1-2H3,(H2,16,20). The first-order chi connectivity index (χ1) is 10.6. The van der Waals surface area contributed by atoms with Crippen LogP contribution in [0.1, 0.15) is 6.42 Å². The smallest absolute Gasteiger partial charge is 0.239 e. The van der Waals surface area contributed by atoms with E-state index in [4.69, 9.17) is 15.2 Å². The molecule has 7 nitrogen and oxygen atoms in total. The number of hydrogen-bond acceptors (Lipinski definition) is 6. The molecule has 0 atom stereocenters.